The third-order valence-electron chi connectivity index (χ3n) is 7.39. The first-order chi connectivity index (χ1) is 17.9. The molecule has 0 aliphatic rings. The highest BCUT2D eigenvalue weighted by Gasteiger charge is 2.08. The Labute approximate surface area is 215 Å². The number of aromatic amines is 2. The molecule has 0 spiro atoms. The fourth-order valence-electron chi connectivity index (χ4n) is 5.42. The van der Waals surface area contributed by atoms with E-state index in [0.717, 1.165) is 12.8 Å². The lowest BCUT2D eigenvalue weighted by Gasteiger charge is -2.06. The molecule has 2 nitrogen and oxygen atoms in total. The van der Waals surface area contributed by atoms with Crippen molar-refractivity contribution < 1.29 is 9.97 Å². The summed E-state index contributed by atoms with van der Waals surface area (Å²) in [4.78, 5) is 6.94. The third kappa shape index (κ3) is 6.37. The lowest BCUT2D eigenvalue weighted by molar-refractivity contribution is -0.388. The molecule has 3 aromatic carbocycles. The molecular formula is C34H38N2+2. The minimum absolute atomic E-state index is 1.12. The number of aryl methyl sites for hydroxylation is 4. The normalized spacial score (nSPS) is 11.3. The summed E-state index contributed by atoms with van der Waals surface area (Å²) in [6, 6.07) is 31.0. The zero-order valence-electron chi connectivity index (χ0n) is 21.3. The highest BCUT2D eigenvalue weighted by atomic mass is 14.7. The molecule has 0 bridgehead atoms. The molecule has 2 heterocycles. The van der Waals surface area contributed by atoms with Crippen molar-refractivity contribution in [1.29, 1.82) is 0 Å². The summed E-state index contributed by atoms with van der Waals surface area (Å²) in [7, 11) is 0. The number of unbranched alkanes of at least 4 members (excludes halogenated alkanes) is 4. The van der Waals surface area contributed by atoms with E-state index in [1.54, 1.807) is 0 Å². The molecule has 2 N–H and O–H groups in total. The van der Waals surface area contributed by atoms with Crippen LogP contribution in [0.2, 0.25) is 0 Å². The number of benzene rings is 3. The van der Waals surface area contributed by atoms with Gasteiger partial charge in [0.15, 0.2) is 23.8 Å². The summed E-state index contributed by atoms with van der Waals surface area (Å²) in [6.07, 6.45) is 16.3. The summed E-state index contributed by atoms with van der Waals surface area (Å²) in [5.41, 5.74) is 5.73. The maximum Gasteiger partial charge on any atom is 0.187 e. The fourth-order valence-corrected chi connectivity index (χ4v) is 5.42. The zero-order valence-corrected chi connectivity index (χ0v) is 21.3. The van der Waals surface area contributed by atoms with Gasteiger partial charge >= 0.3 is 0 Å². The molecule has 5 rings (SSSR count). The molecule has 0 aliphatic carbocycles. The molecule has 2 aromatic heterocycles. The van der Waals surface area contributed by atoms with Gasteiger partial charge in [0.1, 0.15) is 0 Å². The lowest BCUT2D eigenvalue weighted by atomic mass is 9.99. The molecule has 0 aliphatic heterocycles. The van der Waals surface area contributed by atoms with Gasteiger partial charge in [0.05, 0.1) is 0 Å². The minimum Gasteiger partial charge on any atom is -0.215 e. The number of H-pyrrole nitrogens is 2. The number of nitrogens with one attached hydrogen (secondary N) is 2. The molecule has 0 unspecified atom stereocenters. The molecule has 5 aromatic rings. The molecule has 0 amide bonds. The number of rotatable bonds is 12. The van der Waals surface area contributed by atoms with Gasteiger partial charge in [0.25, 0.3) is 0 Å². The van der Waals surface area contributed by atoms with Crippen LogP contribution in [0.1, 0.15) is 61.0 Å². The number of aromatic nitrogens is 2. The molecule has 0 saturated carbocycles. The Hall–Kier alpha value is -3.52. The first-order valence-electron chi connectivity index (χ1n) is 13.7. The average molecular weight is 475 g/mol. The fraction of sp³-hybridized carbons (Fsp3) is 0.294. The van der Waals surface area contributed by atoms with E-state index >= 15 is 0 Å². The van der Waals surface area contributed by atoms with Crippen LogP contribution in [0.15, 0.2) is 97.3 Å². The smallest absolute Gasteiger partial charge is 0.187 e. The van der Waals surface area contributed by atoms with Gasteiger partial charge in [-0.3, -0.25) is 0 Å². The summed E-state index contributed by atoms with van der Waals surface area (Å²) < 4.78 is 0. The van der Waals surface area contributed by atoms with E-state index < -0.39 is 0 Å². The van der Waals surface area contributed by atoms with Gasteiger partial charge in [-0.2, -0.15) is 0 Å². The maximum atomic E-state index is 3.47. The molecule has 0 fully saturated rings. The van der Waals surface area contributed by atoms with E-state index in [1.165, 1.54) is 95.4 Å². The van der Waals surface area contributed by atoms with Crippen LogP contribution in [0.3, 0.4) is 0 Å². The van der Waals surface area contributed by atoms with E-state index in [2.05, 4.69) is 107 Å². The Kier molecular flexibility index (Phi) is 8.36. The average Bonchev–Trinajstić information content (AvgIpc) is 2.93. The van der Waals surface area contributed by atoms with E-state index in [-0.39, 0.29) is 0 Å². The van der Waals surface area contributed by atoms with Gasteiger partial charge in [0, 0.05) is 35.7 Å². The van der Waals surface area contributed by atoms with Crippen LogP contribution < -0.4 is 9.97 Å². The lowest BCUT2D eigenvalue weighted by Crippen LogP contribution is -2.10. The highest BCUT2D eigenvalue weighted by molar-refractivity contribution is 5.83. The van der Waals surface area contributed by atoms with Crippen molar-refractivity contribution in [2.75, 3.05) is 0 Å². The molecule has 36 heavy (non-hydrogen) atoms. The Morgan fingerprint density at radius 3 is 1.42 bits per heavy atom. The third-order valence-corrected chi connectivity index (χ3v) is 7.39. The van der Waals surface area contributed by atoms with Gasteiger partial charge in [0.2, 0.25) is 0 Å². The summed E-state index contributed by atoms with van der Waals surface area (Å²) in [5.74, 6) is 0. The molecule has 0 atom stereocenters. The molecule has 0 radical (unpaired) electrons. The van der Waals surface area contributed by atoms with Crippen LogP contribution in [0.25, 0.3) is 21.5 Å². The molecule has 2 heteroatoms. The van der Waals surface area contributed by atoms with Gasteiger partial charge in [-0.15, -0.1) is 0 Å². The van der Waals surface area contributed by atoms with Gasteiger partial charge in [-0.05, 0) is 72.6 Å². The predicted molar refractivity (Wildman–Crippen MR) is 150 cm³/mol. The van der Waals surface area contributed by atoms with Crippen LogP contribution in [0.5, 0.6) is 0 Å². The van der Waals surface area contributed by atoms with Gasteiger partial charge < -0.3 is 0 Å². The second kappa shape index (κ2) is 12.4. The van der Waals surface area contributed by atoms with Gasteiger partial charge in [-0.25, -0.2) is 9.97 Å². The van der Waals surface area contributed by atoms with Crippen molar-refractivity contribution in [1.82, 2.24) is 0 Å². The molecule has 182 valence electrons. The number of hydrogen-bond acceptors (Lipinski definition) is 0. The highest BCUT2D eigenvalue weighted by Crippen LogP contribution is 2.19. The molecular weight excluding hydrogens is 436 g/mol. The van der Waals surface area contributed by atoms with Crippen molar-refractivity contribution in [3.63, 3.8) is 0 Å². The van der Waals surface area contributed by atoms with E-state index in [9.17, 15) is 0 Å². The van der Waals surface area contributed by atoms with Crippen molar-refractivity contribution in [2.24, 2.45) is 0 Å². The van der Waals surface area contributed by atoms with Crippen molar-refractivity contribution in [3.8, 4) is 0 Å². The predicted octanol–water partition coefficient (Wildman–Crippen LogP) is 7.53. The van der Waals surface area contributed by atoms with Gasteiger partial charge in [-0.1, -0.05) is 73.5 Å². The minimum atomic E-state index is 1.12. The summed E-state index contributed by atoms with van der Waals surface area (Å²) in [5, 5.41) is 5.39. The summed E-state index contributed by atoms with van der Waals surface area (Å²) in [6.45, 7) is 0. The maximum absolute atomic E-state index is 3.47. The number of fused-ring (bicyclic) bond motifs is 2. The van der Waals surface area contributed by atoms with Crippen LogP contribution >= 0.6 is 0 Å². The first kappa shape index (κ1) is 24.2. The van der Waals surface area contributed by atoms with E-state index in [0.29, 0.717) is 0 Å². The topological polar surface area (TPSA) is 28.3 Å². The monoisotopic (exact) mass is 474 g/mol. The van der Waals surface area contributed by atoms with Crippen molar-refractivity contribution in [2.45, 2.75) is 64.2 Å². The Morgan fingerprint density at radius 1 is 0.417 bits per heavy atom. The largest absolute Gasteiger partial charge is 0.215 e. The van der Waals surface area contributed by atoms with E-state index in [4.69, 9.17) is 0 Å². The van der Waals surface area contributed by atoms with Crippen molar-refractivity contribution >= 4 is 21.5 Å². The van der Waals surface area contributed by atoms with Crippen LogP contribution in [-0.2, 0) is 25.7 Å². The number of hydrogen-bond donors (Lipinski definition) is 0. The Morgan fingerprint density at radius 2 is 0.889 bits per heavy atom. The zero-order chi connectivity index (χ0) is 24.4. The van der Waals surface area contributed by atoms with Crippen LogP contribution in [0.4, 0.5) is 0 Å². The standard InChI is InChI=1S/C34H36N2/c1(5-20-33-31-18-9-7-16-29(31)22-24-35-33)3-12-27-14-11-15-28(26-27)13-4-2-6-21-34-32-19-10-8-17-30(32)23-25-36-34/h7-11,14-19,22-26H,1-6,12-13,20-21H2/p+2. The van der Waals surface area contributed by atoms with E-state index in [1.807, 2.05) is 0 Å². The Bertz CT molecular complexity index is 1290. The number of pyridine rings is 2. The SMILES string of the molecule is c1cc(CCCCCc2[nH+]ccc3ccccc23)cc(CCCCCc2[nH+]ccc3ccccc23)c1. The van der Waals surface area contributed by atoms with Crippen molar-refractivity contribution in [3.05, 3.63) is 120 Å². The quantitative estimate of drug-likeness (QED) is 0.167. The van der Waals surface area contributed by atoms with Crippen LogP contribution in [-0.4, -0.2) is 0 Å². The second-order valence-corrected chi connectivity index (χ2v) is 10.0. The first-order valence-corrected chi connectivity index (χ1v) is 13.7. The Balaban J connectivity index is 1.02. The second-order valence-electron chi connectivity index (χ2n) is 10.0. The summed E-state index contributed by atoms with van der Waals surface area (Å²) >= 11 is 0. The van der Waals surface area contributed by atoms with Crippen LogP contribution in [0, 0.1) is 0 Å². The molecule has 0 saturated heterocycles.